The van der Waals surface area contributed by atoms with Crippen LogP contribution in [0.3, 0.4) is 0 Å². The van der Waals surface area contributed by atoms with Crippen LogP contribution in [0.5, 0.6) is 5.75 Å². The van der Waals surface area contributed by atoms with E-state index in [9.17, 15) is 9.18 Å². The van der Waals surface area contributed by atoms with Crippen molar-refractivity contribution in [2.45, 2.75) is 6.42 Å². The van der Waals surface area contributed by atoms with Crippen LogP contribution in [0, 0.1) is 0 Å². The molecule has 4 nitrogen and oxygen atoms in total. The molecule has 0 aliphatic heterocycles. The van der Waals surface area contributed by atoms with Crippen LogP contribution in [0.25, 0.3) is 0 Å². The lowest BCUT2D eigenvalue weighted by molar-refractivity contribution is -0.116. The number of hydrogen-bond donors (Lipinski definition) is 2. The third kappa shape index (κ3) is 6.42. The molecule has 1 aromatic carbocycles. The van der Waals surface area contributed by atoms with E-state index in [1.807, 2.05) is 0 Å². The highest BCUT2D eigenvalue weighted by atomic mass is 35.5. The van der Waals surface area contributed by atoms with Crippen molar-refractivity contribution in [1.29, 1.82) is 0 Å². The Balaban J connectivity index is 0.00000289. The molecule has 18 heavy (non-hydrogen) atoms. The number of anilines is 1. The molecule has 0 radical (unpaired) electrons. The average Bonchev–Trinajstić information content (AvgIpc) is 2.34. The number of rotatable bonds is 7. The van der Waals surface area contributed by atoms with Crippen LogP contribution in [0.15, 0.2) is 24.3 Å². The highest BCUT2D eigenvalue weighted by Gasteiger charge is 2.02. The minimum absolute atomic E-state index is 0. The molecule has 0 saturated carbocycles. The van der Waals surface area contributed by atoms with E-state index < -0.39 is 6.67 Å². The molecule has 1 aromatic rings. The number of nitrogens with one attached hydrogen (secondary N) is 2. The molecular weight excluding hydrogens is 259 g/mol. The minimum atomic E-state index is -0.529. The third-order valence-corrected chi connectivity index (χ3v) is 2.07. The normalized spacial score (nSPS) is 9.44. The van der Waals surface area contributed by atoms with Crippen molar-refractivity contribution < 1.29 is 13.9 Å². The van der Waals surface area contributed by atoms with Gasteiger partial charge in [-0.15, -0.1) is 12.4 Å². The molecule has 0 heterocycles. The van der Waals surface area contributed by atoms with Gasteiger partial charge in [-0.3, -0.25) is 4.79 Å². The Hall–Kier alpha value is -1.33. The van der Waals surface area contributed by atoms with Crippen LogP contribution in [-0.2, 0) is 4.79 Å². The molecule has 0 fully saturated rings. The zero-order chi connectivity index (χ0) is 12.5. The van der Waals surface area contributed by atoms with Gasteiger partial charge in [-0.2, -0.15) is 0 Å². The van der Waals surface area contributed by atoms with Gasteiger partial charge in [0.25, 0.3) is 0 Å². The highest BCUT2D eigenvalue weighted by Crippen LogP contribution is 2.17. The van der Waals surface area contributed by atoms with Crippen molar-refractivity contribution in [3.63, 3.8) is 0 Å². The predicted molar refractivity (Wildman–Crippen MR) is 72.3 cm³/mol. The second-order valence-corrected chi connectivity index (χ2v) is 3.47. The molecule has 1 amide bonds. The van der Waals surface area contributed by atoms with E-state index in [1.165, 1.54) is 0 Å². The molecule has 0 saturated heterocycles. The monoisotopic (exact) mass is 276 g/mol. The first-order valence-electron chi connectivity index (χ1n) is 5.49. The first kappa shape index (κ1) is 16.7. The maximum atomic E-state index is 11.9. The summed E-state index contributed by atoms with van der Waals surface area (Å²) in [6.45, 7) is 0.125. The lowest BCUT2D eigenvalue weighted by Crippen LogP contribution is -2.18. The van der Waals surface area contributed by atoms with Crippen LogP contribution in [0.4, 0.5) is 10.1 Å². The van der Waals surface area contributed by atoms with Crippen LogP contribution >= 0.6 is 12.4 Å². The number of alkyl halides is 1. The van der Waals surface area contributed by atoms with E-state index in [0.717, 1.165) is 0 Å². The molecule has 0 aliphatic carbocycles. The van der Waals surface area contributed by atoms with Gasteiger partial charge in [-0.1, -0.05) is 6.07 Å². The topological polar surface area (TPSA) is 50.4 Å². The van der Waals surface area contributed by atoms with Gasteiger partial charge in [0, 0.05) is 24.7 Å². The number of ether oxygens (including phenoxy) is 1. The van der Waals surface area contributed by atoms with E-state index in [-0.39, 0.29) is 24.9 Å². The lowest BCUT2D eigenvalue weighted by Gasteiger charge is -2.08. The number of carbonyl (C=O) groups is 1. The van der Waals surface area contributed by atoms with Crippen molar-refractivity contribution >= 4 is 24.0 Å². The quantitative estimate of drug-likeness (QED) is 0.801. The molecule has 0 spiro atoms. The standard InChI is InChI=1S/C12H17FN2O2.ClH/c1-14-7-5-12(16)15-10-3-2-4-11(9-10)17-8-6-13;/h2-4,9,14H,5-8H2,1H3,(H,15,16);1H. The summed E-state index contributed by atoms with van der Waals surface area (Å²) in [4.78, 5) is 11.4. The first-order chi connectivity index (χ1) is 8.26. The SMILES string of the molecule is CNCCC(=O)Nc1cccc(OCCF)c1.Cl. The van der Waals surface area contributed by atoms with Gasteiger partial charge in [0.05, 0.1) is 0 Å². The molecule has 0 atom stereocenters. The van der Waals surface area contributed by atoms with Crippen molar-refractivity contribution in [1.82, 2.24) is 5.32 Å². The zero-order valence-electron chi connectivity index (χ0n) is 10.2. The Bertz CT molecular complexity index is 364. The summed E-state index contributed by atoms with van der Waals surface area (Å²) in [6, 6.07) is 6.91. The fraction of sp³-hybridized carbons (Fsp3) is 0.417. The lowest BCUT2D eigenvalue weighted by atomic mass is 10.3. The molecular formula is C12H18ClFN2O2. The van der Waals surface area contributed by atoms with Crippen molar-refractivity contribution in [2.24, 2.45) is 0 Å². The Morgan fingerprint density at radius 1 is 1.44 bits per heavy atom. The van der Waals surface area contributed by atoms with E-state index in [0.29, 0.717) is 24.4 Å². The van der Waals surface area contributed by atoms with Gasteiger partial charge in [0.1, 0.15) is 19.0 Å². The molecule has 6 heteroatoms. The van der Waals surface area contributed by atoms with E-state index in [4.69, 9.17) is 4.74 Å². The molecule has 0 unspecified atom stereocenters. The van der Waals surface area contributed by atoms with Gasteiger partial charge in [-0.05, 0) is 19.2 Å². The minimum Gasteiger partial charge on any atom is -0.491 e. The fourth-order valence-corrected chi connectivity index (χ4v) is 1.28. The number of hydrogen-bond acceptors (Lipinski definition) is 3. The summed E-state index contributed by atoms with van der Waals surface area (Å²) in [5.41, 5.74) is 0.655. The molecule has 2 N–H and O–H groups in total. The number of amides is 1. The number of carbonyl (C=O) groups excluding carboxylic acids is 1. The maximum absolute atomic E-state index is 11.9. The summed E-state index contributed by atoms with van der Waals surface area (Å²) in [5.74, 6) is 0.482. The van der Waals surface area contributed by atoms with Crippen LogP contribution in [-0.4, -0.2) is 32.8 Å². The third-order valence-electron chi connectivity index (χ3n) is 2.07. The van der Waals surface area contributed by atoms with Crippen molar-refractivity contribution in [3.8, 4) is 5.75 Å². The molecule has 1 rings (SSSR count). The smallest absolute Gasteiger partial charge is 0.225 e. The summed E-state index contributed by atoms with van der Waals surface area (Å²) >= 11 is 0. The van der Waals surface area contributed by atoms with Gasteiger partial charge < -0.3 is 15.4 Å². The average molecular weight is 277 g/mol. The van der Waals surface area contributed by atoms with Crippen molar-refractivity contribution in [2.75, 3.05) is 32.2 Å². The highest BCUT2D eigenvalue weighted by molar-refractivity contribution is 5.90. The van der Waals surface area contributed by atoms with Crippen LogP contribution in [0.1, 0.15) is 6.42 Å². The van der Waals surface area contributed by atoms with Gasteiger partial charge in [0.2, 0.25) is 5.91 Å². The summed E-state index contributed by atoms with van der Waals surface area (Å²) in [7, 11) is 1.79. The van der Waals surface area contributed by atoms with E-state index in [1.54, 1.807) is 31.3 Å². The van der Waals surface area contributed by atoms with Gasteiger partial charge in [-0.25, -0.2) is 4.39 Å². The largest absolute Gasteiger partial charge is 0.491 e. The Morgan fingerprint density at radius 3 is 2.89 bits per heavy atom. The summed E-state index contributed by atoms with van der Waals surface area (Å²) in [6.07, 6.45) is 0.409. The molecule has 0 bridgehead atoms. The molecule has 102 valence electrons. The Morgan fingerprint density at radius 2 is 2.22 bits per heavy atom. The zero-order valence-corrected chi connectivity index (χ0v) is 11.1. The molecule has 0 aromatic heterocycles. The fourth-order valence-electron chi connectivity index (χ4n) is 1.28. The predicted octanol–water partition coefficient (Wildman–Crippen LogP) is 2.00. The second kappa shape index (κ2) is 9.67. The van der Waals surface area contributed by atoms with Crippen LogP contribution in [0.2, 0.25) is 0 Å². The summed E-state index contributed by atoms with van der Waals surface area (Å²) in [5, 5.41) is 5.64. The van der Waals surface area contributed by atoms with Crippen molar-refractivity contribution in [3.05, 3.63) is 24.3 Å². The van der Waals surface area contributed by atoms with Crippen LogP contribution < -0.4 is 15.4 Å². The van der Waals surface area contributed by atoms with Gasteiger partial charge >= 0.3 is 0 Å². The van der Waals surface area contributed by atoms with Gasteiger partial charge in [0.15, 0.2) is 0 Å². The Labute approximate surface area is 112 Å². The maximum Gasteiger partial charge on any atom is 0.225 e. The number of benzene rings is 1. The van der Waals surface area contributed by atoms with E-state index >= 15 is 0 Å². The second-order valence-electron chi connectivity index (χ2n) is 3.47. The summed E-state index contributed by atoms with van der Waals surface area (Å²) < 4.78 is 17.0. The first-order valence-corrected chi connectivity index (χ1v) is 5.49. The Kier molecular flexibility index (Phi) is 8.96. The molecule has 0 aliphatic rings. The number of halogens is 2. The van der Waals surface area contributed by atoms with E-state index in [2.05, 4.69) is 10.6 Å².